The van der Waals surface area contributed by atoms with Gasteiger partial charge in [0.1, 0.15) is 6.61 Å². The number of carbonyl (C=O) groups excluding carboxylic acids is 2. The molecule has 2 amide bonds. The number of carboxylic acid groups (broad SMARTS) is 1. The zero-order valence-corrected chi connectivity index (χ0v) is 27.5. The Morgan fingerprint density at radius 3 is 1.68 bits per heavy atom. The zero-order valence-electron chi connectivity index (χ0n) is 27.5. The van der Waals surface area contributed by atoms with Crippen LogP contribution >= 0.6 is 0 Å². The third-order valence-corrected chi connectivity index (χ3v) is 7.96. The van der Waals surface area contributed by atoms with Gasteiger partial charge in [-0.15, -0.1) is 0 Å². The highest BCUT2D eigenvalue weighted by molar-refractivity contribution is 6.05. The Kier molecular flexibility index (Phi) is 11.7. The number of anilines is 3. The molecule has 0 bridgehead atoms. The first-order chi connectivity index (χ1) is 24.3. The van der Waals surface area contributed by atoms with E-state index in [-0.39, 0.29) is 29.7 Å². The van der Waals surface area contributed by atoms with Crippen LogP contribution in [0.15, 0.2) is 158 Å². The van der Waals surface area contributed by atoms with E-state index in [1.54, 1.807) is 12.1 Å². The van der Waals surface area contributed by atoms with Gasteiger partial charge in [0, 0.05) is 22.9 Å². The number of benzene rings is 6. The summed E-state index contributed by atoms with van der Waals surface area (Å²) in [5.41, 5.74) is 13.5. The number of aryl methyl sites for hydroxylation is 1. The Morgan fingerprint density at radius 2 is 1.12 bits per heavy atom. The second-order valence-electron chi connectivity index (χ2n) is 11.3. The smallest absolute Gasteiger partial charge is 0.411 e. The van der Waals surface area contributed by atoms with Gasteiger partial charge in [0.15, 0.2) is 0 Å². The number of carbonyl (C=O) groups is 3. The Balaban J connectivity index is 0.000000177. The van der Waals surface area contributed by atoms with Crippen molar-refractivity contribution in [2.24, 2.45) is 0 Å². The van der Waals surface area contributed by atoms with Crippen molar-refractivity contribution < 1.29 is 24.2 Å². The van der Waals surface area contributed by atoms with Crippen molar-refractivity contribution in [2.75, 3.05) is 23.0 Å². The normalized spacial score (nSPS) is 10.9. The fourth-order valence-electron chi connectivity index (χ4n) is 5.52. The van der Waals surface area contributed by atoms with Crippen LogP contribution in [-0.2, 0) is 4.74 Å². The van der Waals surface area contributed by atoms with Crippen LogP contribution in [0.5, 0.6) is 0 Å². The number of nitrogen functional groups attached to an aromatic ring is 1. The first kappa shape index (κ1) is 34.7. The number of para-hydroxylation sites is 3. The van der Waals surface area contributed by atoms with Crippen LogP contribution in [0.25, 0.3) is 11.1 Å². The van der Waals surface area contributed by atoms with Gasteiger partial charge < -0.3 is 20.9 Å². The standard InChI is InChI=1S/C22H17NO4.C14H13NO.C6H7N/c24-21(25)18-11-5-6-12-20(18)23-22(26)27-13-19-16-9-3-1-7-14(16)15-8-2-4-10-17(15)19;1-11-7-5-6-10-13(11)14(16)15-12-8-3-2-4-9-12;7-6-4-2-1-3-5-6/h1-12,19H,13H2,(H,23,26)(H,24,25);2-10H,1H3,(H,15,16);1-5H,7H2. The van der Waals surface area contributed by atoms with Crippen molar-refractivity contribution in [3.05, 3.63) is 186 Å². The van der Waals surface area contributed by atoms with E-state index in [0.717, 1.165) is 39.2 Å². The molecule has 0 heterocycles. The van der Waals surface area contributed by atoms with Gasteiger partial charge >= 0.3 is 12.1 Å². The van der Waals surface area contributed by atoms with Gasteiger partial charge in [0.25, 0.3) is 5.91 Å². The summed E-state index contributed by atoms with van der Waals surface area (Å²) in [5, 5.41) is 14.6. The quantitative estimate of drug-likeness (QED) is 0.131. The maximum atomic E-state index is 12.2. The molecule has 250 valence electrons. The second kappa shape index (κ2) is 16.9. The lowest BCUT2D eigenvalue weighted by Gasteiger charge is -2.15. The van der Waals surface area contributed by atoms with Crippen LogP contribution in [-0.4, -0.2) is 29.7 Å². The van der Waals surface area contributed by atoms with Gasteiger partial charge in [0.2, 0.25) is 0 Å². The largest absolute Gasteiger partial charge is 0.478 e. The third-order valence-electron chi connectivity index (χ3n) is 7.96. The van der Waals surface area contributed by atoms with Crippen LogP contribution < -0.4 is 16.4 Å². The van der Waals surface area contributed by atoms with Crippen LogP contribution in [0.3, 0.4) is 0 Å². The minimum Gasteiger partial charge on any atom is -0.478 e. The number of hydrogen-bond donors (Lipinski definition) is 4. The van der Waals surface area contributed by atoms with Crippen molar-refractivity contribution in [3.8, 4) is 11.1 Å². The molecule has 1 aliphatic carbocycles. The number of nitrogens with one attached hydrogen (secondary N) is 2. The Morgan fingerprint density at radius 1 is 0.620 bits per heavy atom. The minimum atomic E-state index is -1.11. The molecule has 8 heteroatoms. The Hall–Kier alpha value is -6.67. The number of rotatable bonds is 6. The first-order valence-corrected chi connectivity index (χ1v) is 16.0. The number of nitrogens with two attached hydrogens (primary N) is 1. The highest BCUT2D eigenvalue weighted by Gasteiger charge is 2.29. The van der Waals surface area contributed by atoms with E-state index >= 15 is 0 Å². The maximum Gasteiger partial charge on any atom is 0.411 e. The molecule has 0 fully saturated rings. The van der Waals surface area contributed by atoms with Crippen LogP contribution in [0.2, 0.25) is 0 Å². The lowest BCUT2D eigenvalue weighted by atomic mass is 9.98. The molecule has 6 aromatic rings. The third kappa shape index (κ3) is 9.02. The summed E-state index contributed by atoms with van der Waals surface area (Å²) in [7, 11) is 0. The van der Waals surface area contributed by atoms with Gasteiger partial charge in [-0.25, -0.2) is 9.59 Å². The fraction of sp³-hybridized carbons (Fsp3) is 0.0714. The molecule has 0 aliphatic heterocycles. The lowest BCUT2D eigenvalue weighted by Crippen LogP contribution is -2.19. The molecule has 5 N–H and O–H groups in total. The SMILES string of the molecule is Cc1ccccc1C(=O)Nc1ccccc1.Nc1ccccc1.O=C(Nc1ccccc1C(=O)O)OCC1c2ccccc2-c2ccccc21. The van der Waals surface area contributed by atoms with E-state index in [1.165, 1.54) is 12.1 Å². The van der Waals surface area contributed by atoms with Gasteiger partial charge in [-0.2, -0.15) is 0 Å². The van der Waals surface area contributed by atoms with E-state index in [1.807, 2.05) is 128 Å². The van der Waals surface area contributed by atoms with Crippen molar-refractivity contribution in [1.29, 1.82) is 0 Å². The average Bonchev–Trinajstić information content (AvgIpc) is 3.46. The number of hydrogen-bond acceptors (Lipinski definition) is 5. The molecule has 0 spiro atoms. The molecule has 0 unspecified atom stereocenters. The van der Waals surface area contributed by atoms with Gasteiger partial charge in [-0.3, -0.25) is 10.1 Å². The van der Waals surface area contributed by atoms with Crippen molar-refractivity contribution in [2.45, 2.75) is 12.8 Å². The van der Waals surface area contributed by atoms with Crippen LogP contribution in [0, 0.1) is 6.92 Å². The van der Waals surface area contributed by atoms with E-state index in [0.29, 0.717) is 5.56 Å². The van der Waals surface area contributed by atoms with E-state index in [2.05, 4.69) is 22.8 Å². The molecule has 6 aromatic carbocycles. The molecule has 0 saturated heterocycles. The average molecular weight is 664 g/mol. The highest BCUT2D eigenvalue weighted by atomic mass is 16.5. The summed E-state index contributed by atoms with van der Waals surface area (Å²) in [5.74, 6) is -1.22. The number of amides is 2. The second-order valence-corrected chi connectivity index (χ2v) is 11.3. The number of ether oxygens (including phenoxy) is 1. The monoisotopic (exact) mass is 663 g/mol. The number of fused-ring (bicyclic) bond motifs is 3. The first-order valence-electron chi connectivity index (χ1n) is 16.0. The van der Waals surface area contributed by atoms with Crippen LogP contribution in [0.4, 0.5) is 21.9 Å². The summed E-state index contributed by atoms with van der Waals surface area (Å²) >= 11 is 0. The topological polar surface area (TPSA) is 131 Å². The van der Waals surface area contributed by atoms with Crippen molar-refractivity contribution in [3.63, 3.8) is 0 Å². The zero-order chi connectivity index (χ0) is 35.3. The molecule has 50 heavy (non-hydrogen) atoms. The summed E-state index contributed by atoms with van der Waals surface area (Å²) in [6.45, 7) is 2.11. The van der Waals surface area contributed by atoms with E-state index in [4.69, 9.17) is 10.5 Å². The highest BCUT2D eigenvalue weighted by Crippen LogP contribution is 2.44. The Bertz CT molecular complexity index is 2020. The van der Waals surface area contributed by atoms with Gasteiger partial charge in [0.05, 0.1) is 11.3 Å². The molecule has 1 aliphatic rings. The van der Waals surface area contributed by atoms with E-state index in [9.17, 15) is 19.5 Å². The summed E-state index contributed by atoms with van der Waals surface area (Å²) in [6, 6.07) is 48.9. The van der Waals surface area contributed by atoms with Crippen molar-refractivity contribution >= 4 is 35.0 Å². The summed E-state index contributed by atoms with van der Waals surface area (Å²) in [6.07, 6.45) is -0.675. The molecule has 0 atom stereocenters. The van der Waals surface area contributed by atoms with E-state index < -0.39 is 12.1 Å². The molecule has 0 radical (unpaired) electrons. The maximum absolute atomic E-state index is 12.2. The Labute approximate surface area is 291 Å². The van der Waals surface area contributed by atoms with Gasteiger partial charge in [-0.05, 0) is 77.2 Å². The van der Waals surface area contributed by atoms with Crippen molar-refractivity contribution in [1.82, 2.24) is 0 Å². The van der Waals surface area contributed by atoms with Crippen LogP contribution in [0.1, 0.15) is 43.3 Å². The minimum absolute atomic E-state index is 0.0195. The number of aromatic carboxylic acids is 1. The predicted octanol–water partition coefficient (Wildman–Crippen LogP) is 9.26. The summed E-state index contributed by atoms with van der Waals surface area (Å²) < 4.78 is 5.44. The summed E-state index contributed by atoms with van der Waals surface area (Å²) in [4.78, 5) is 35.4. The lowest BCUT2D eigenvalue weighted by molar-refractivity contribution is 0.0697. The molecule has 7 rings (SSSR count). The molecular formula is C42H37N3O5. The fourth-order valence-corrected chi connectivity index (χ4v) is 5.52. The van der Waals surface area contributed by atoms with Gasteiger partial charge in [-0.1, -0.05) is 115 Å². The number of carboxylic acids is 1. The molecule has 0 aromatic heterocycles. The molecular weight excluding hydrogens is 626 g/mol. The molecule has 8 nitrogen and oxygen atoms in total. The predicted molar refractivity (Wildman–Crippen MR) is 199 cm³/mol. The molecule has 0 saturated carbocycles.